The maximum Gasteiger partial charge on any atom is 0.254 e. The lowest BCUT2D eigenvalue weighted by Crippen LogP contribution is -2.26. The van der Waals surface area contributed by atoms with Crippen molar-refractivity contribution in [1.29, 1.82) is 0 Å². The smallest absolute Gasteiger partial charge is 0.254 e. The number of aromatic nitrogens is 3. The van der Waals surface area contributed by atoms with Gasteiger partial charge < -0.3 is 9.64 Å². The number of aryl methyl sites for hydroxylation is 1. The third-order valence-corrected chi connectivity index (χ3v) is 3.95. The van der Waals surface area contributed by atoms with Crippen LogP contribution in [0.15, 0.2) is 55.2 Å². The number of benzene rings is 1. The van der Waals surface area contributed by atoms with Crippen LogP contribution in [0.1, 0.15) is 21.5 Å². The van der Waals surface area contributed by atoms with Crippen LogP contribution in [-0.4, -0.2) is 39.5 Å². The Morgan fingerprint density at radius 1 is 1.24 bits per heavy atom. The van der Waals surface area contributed by atoms with Gasteiger partial charge in [0.15, 0.2) is 0 Å². The summed E-state index contributed by atoms with van der Waals surface area (Å²) in [4.78, 5) is 22.7. The monoisotopic (exact) mass is 336 g/mol. The zero-order valence-electron chi connectivity index (χ0n) is 14.5. The predicted molar refractivity (Wildman–Crippen MR) is 94.9 cm³/mol. The number of nitrogens with zero attached hydrogens (tertiary/aromatic N) is 4. The number of rotatable bonds is 5. The van der Waals surface area contributed by atoms with Crippen LogP contribution in [0.3, 0.4) is 0 Å². The van der Waals surface area contributed by atoms with Crippen molar-refractivity contribution in [2.45, 2.75) is 13.5 Å². The fourth-order valence-electron chi connectivity index (χ4n) is 2.67. The fourth-order valence-corrected chi connectivity index (χ4v) is 2.67. The molecule has 3 rings (SSSR count). The van der Waals surface area contributed by atoms with Crippen molar-refractivity contribution in [3.8, 4) is 11.6 Å². The lowest BCUT2D eigenvalue weighted by atomic mass is 10.1. The van der Waals surface area contributed by atoms with Crippen LogP contribution in [0.25, 0.3) is 5.82 Å². The zero-order chi connectivity index (χ0) is 17.8. The summed E-state index contributed by atoms with van der Waals surface area (Å²) in [6.07, 6.45) is 6.74. The Hall–Kier alpha value is -3.15. The molecule has 1 aromatic carbocycles. The molecule has 0 N–H and O–H groups in total. The second kappa shape index (κ2) is 7.17. The van der Waals surface area contributed by atoms with Crippen LogP contribution in [-0.2, 0) is 6.54 Å². The quantitative estimate of drug-likeness (QED) is 0.719. The molecule has 0 unspecified atom stereocenters. The molecule has 128 valence electrons. The standard InChI is InChI=1S/C19H20N4O2/c1-14-4-5-17(25-3)16(10-14)12-22(2)19(24)15-6-7-21-18(11-15)23-9-8-20-13-23/h4-11,13H,12H2,1-3H3. The number of pyridine rings is 1. The lowest BCUT2D eigenvalue weighted by Gasteiger charge is -2.19. The molecule has 6 nitrogen and oxygen atoms in total. The van der Waals surface area contributed by atoms with E-state index in [0.29, 0.717) is 17.9 Å². The van der Waals surface area contributed by atoms with Crippen molar-refractivity contribution in [3.63, 3.8) is 0 Å². The molecule has 0 bridgehead atoms. The zero-order valence-corrected chi connectivity index (χ0v) is 14.5. The average Bonchev–Trinajstić information content (AvgIpc) is 3.16. The Labute approximate surface area is 146 Å². The summed E-state index contributed by atoms with van der Waals surface area (Å²) in [7, 11) is 3.41. The maximum absolute atomic E-state index is 12.8. The topological polar surface area (TPSA) is 60.2 Å². The summed E-state index contributed by atoms with van der Waals surface area (Å²) in [5, 5.41) is 0. The minimum absolute atomic E-state index is 0.0766. The number of hydrogen-bond donors (Lipinski definition) is 0. The lowest BCUT2D eigenvalue weighted by molar-refractivity contribution is 0.0784. The molecule has 0 spiro atoms. The van der Waals surface area contributed by atoms with E-state index in [2.05, 4.69) is 9.97 Å². The highest BCUT2D eigenvalue weighted by atomic mass is 16.5. The second-order valence-corrected chi connectivity index (χ2v) is 5.85. The largest absolute Gasteiger partial charge is 0.496 e. The minimum atomic E-state index is -0.0766. The Morgan fingerprint density at radius 3 is 2.80 bits per heavy atom. The third-order valence-electron chi connectivity index (χ3n) is 3.95. The predicted octanol–water partition coefficient (Wildman–Crippen LogP) is 2.86. The molecule has 2 heterocycles. The van der Waals surface area contributed by atoms with Gasteiger partial charge in [-0.2, -0.15) is 0 Å². The van der Waals surface area contributed by atoms with Gasteiger partial charge in [-0.25, -0.2) is 9.97 Å². The molecule has 0 saturated carbocycles. The van der Waals surface area contributed by atoms with Crippen LogP contribution < -0.4 is 4.74 Å². The Kier molecular flexibility index (Phi) is 4.79. The number of ether oxygens (including phenoxy) is 1. The van der Waals surface area contributed by atoms with Crippen LogP contribution in [0.2, 0.25) is 0 Å². The van der Waals surface area contributed by atoms with Crippen molar-refractivity contribution < 1.29 is 9.53 Å². The van der Waals surface area contributed by atoms with Crippen molar-refractivity contribution >= 4 is 5.91 Å². The molecular formula is C19H20N4O2. The minimum Gasteiger partial charge on any atom is -0.496 e. The molecule has 1 amide bonds. The van der Waals surface area contributed by atoms with E-state index < -0.39 is 0 Å². The van der Waals surface area contributed by atoms with Gasteiger partial charge in [-0.05, 0) is 25.1 Å². The van der Waals surface area contributed by atoms with Crippen molar-refractivity contribution in [2.75, 3.05) is 14.2 Å². The Bertz CT molecular complexity index is 875. The number of hydrogen-bond acceptors (Lipinski definition) is 4. The molecule has 25 heavy (non-hydrogen) atoms. The first-order chi connectivity index (χ1) is 12.1. The van der Waals surface area contributed by atoms with E-state index in [1.54, 1.807) is 60.7 Å². The highest BCUT2D eigenvalue weighted by molar-refractivity contribution is 5.94. The molecule has 0 aliphatic carbocycles. The highest BCUT2D eigenvalue weighted by Crippen LogP contribution is 2.21. The van der Waals surface area contributed by atoms with E-state index in [1.807, 2.05) is 25.1 Å². The number of carbonyl (C=O) groups excluding carboxylic acids is 1. The first kappa shape index (κ1) is 16.7. The van der Waals surface area contributed by atoms with Crippen LogP contribution in [0.4, 0.5) is 0 Å². The van der Waals surface area contributed by atoms with Gasteiger partial charge in [-0.15, -0.1) is 0 Å². The van der Waals surface area contributed by atoms with Crippen molar-refractivity contribution in [2.24, 2.45) is 0 Å². The van der Waals surface area contributed by atoms with Crippen molar-refractivity contribution in [3.05, 3.63) is 71.9 Å². The molecule has 0 aliphatic rings. The van der Waals surface area contributed by atoms with E-state index in [0.717, 1.165) is 16.9 Å². The van der Waals surface area contributed by atoms with Gasteiger partial charge >= 0.3 is 0 Å². The molecule has 3 aromatic rings. The van der Waals surface area contributed by atoms with Gasteiger partial charge in [0.25, 0.3) is 5.91 Å². The third kappa shape index (κ3) is 3.68. The Morgan fingerprint density at radius 2 is 2.08 bits per heavy atom. The van der Waals surface area contributed by atoms with Gasteiger partial charge in [0.1, 0.15) is 17.9 Å². The van der Waals surface area contributed by atoms with Gasteiger partial charge in [0.2, 0.25) is 0 Å². The first-order valence-electron chi connectivity index (χ1n) is 7.92. The number of methoxy groups -OCH3 is 1. The summed E-state index contributed by atoms with van der Waals surface area (Å²) in [6, 6.07) is 9.42. The van der Waals surface area contributed by atoms with Crippen LogP contribution >= 0.6 is 0 Å². The van der Waals surface area contributed by atoms with Crippen molar-refractivity contribution in [1.82, 2.24) is 19.4 Å². The van der Waals surface area contributed by atoms with Gasteiger partial charge in [-0.3, -0.25) is 9.36 Å². The van der Waals surface area contributed by atoms with Crippen LogP contribution in [0.5, 0.6) is 5.75 Å². The highest BCUT2D eigenvalue weighted by Gasteiger charge is 2.15. The maximum atomic E-state index is 12.8. The van der Waals surface area contributed by atoms with E-state index in [4.69, 9.17) is 4.74 Å². The molecule has 0 fully saturated rings. The molecule has 0 aliphatic heterocycles. The summed E-state index contributed by atoms with van der Waals surface area (Å²) in [6.45, 7) is 2.48. The van der Waals surface area contributed by atoms with Gasteiger partial charge in [-0.1, -0.05) is 17.7 Å². The SMILES string of the molecule is COc1ccc(C)cc1CN(C)C(=O)c1ccnc(-n2ccnc2)c1. The fraction of sp³-hybridized carbons (Fsp3) is 0.211. The van der Waals surface area contributed by atoms with Crippen LogP contribution in [0, 0.1) is 6.92 Å². The summed E-state index contributed by atoms with van der Waals surface area (Å²) >= 11 is 0. The molecule has 2 aromatic heterocycles. The van der Waals surface area contributed by atoms with Gasteiger partial charge in [0, 0.05) is 43.3 Å². The molecule has 6 heteroatoms. The summed E-state index contributed by atoms with van der Waals surface area (Å²) < 4.78 is 7.16. The number of amides is 1. The van der Waals surface area contributed by atoms with E-state index >= 15 is 0 Å². The molecule has 0 atom stereocenters. The van der Waals surface area contributed by atoms with E-state index in [1.165, 1.54) is 0 Å². The molecule has 0 radical (unpaired) electrons. The van der Waals surface area contributed by atoms with Gasteiger partial charge in [0.05, 0.1) is 7.11 Å². The molecule has 0 saturated heterocycles. The summed E-state index contributed by atoms with van der Waals surface area (Å²) in [5.74, 6) is 1.36. The number of imidazole rings is 1. The normalized spacial score (nSPS) is 10.5. The Balaban J connectivity index is 1.81. The summed E-state index contributed by atoms with van der Waals surface area (Å²) in [5.41, 5.74) is 2.68. The van der Waals surface area contributed by atoms with E-state index in [9.17, 15) is 4.79 Å². The second-order valence-electron chi connectivity index (χ2n) is 5.85. The first-order valence-corrected chi connectivity index (χ1v) is 7.92. The van der Waals surface area contributed by atoms with E-state index in [-0.39, 0.29) is 5.91 Å². The molecular weight excluding hydrogens is 316 g/mol. The number of carbonyl (C=O) groups is 1. The average molecular weight is 336 g/mol.